The van der Waals surface area contributed by atoms with Gasteiger partial charge >= 0.3 is 0 Å². The number of nitrogens with two attached hydrogens (primary N) is 1. The molecule has 0 saturated heterocycles. The first-order valence-electron chi connectivity index (χ1n) is 6.26. The molecule has 0 heterocycles. The van der Waals surface area contributed by atoms with Gasteiger partial charge in [-0.1, -0.05) is 12.8 Å². The summed E-state index contributed by atoms with van der Waals surface area (Å²) in [7, 11) is 1.68. The number of ether oxygens (including phenoxy) is 3. The van der Waals surface area contributed by atoms with E-state index in [0.717, 1.165) is 45.6 Å². The first-order chi connectivity index (χ1) is 7.91. The van der Waals surface area contributed by atoms with Crippen molar-refractivity contribution in [2.75, 3.05) is 46.7 Å². The van der Waals surface area contributed by atoms with Crippen LogP contribution in [0.25, 0.3) is 0 Å². The Hall–Kier alpha value is -0.160. The minimum atomic E-state index is 0.669. The van der Waals surface area contributed by atoms with Gasteiger partial charge in [-0.05, 0) is 25.8 Å². The van der Waals surface area contributed by atoms with E-state index in [2.05, 4.69) is 0 Å². The molecule has 0 bridgehead atoms. The summed E-state index contributed by atoms with van der Waals surface area (Å²) >= 11 is 0. The van der Waals surface area contributed by atoms with Crippen molar-refractivity contribution in [1.29, 1.82) is 0 Å². The van der Waals surface area contributed by atoms with Crippen LogP contribution in [0.3, 0.4) is 0 Å². The van der Waals surface area contributed by atoms with E-state index >= 15 is 0 Å². The lowest BCUT2D eigenvalue weighted by Crippen LogP contribution is -2.06. The van der Waals surface area contributed by atoms with Crippen molar-refractivity contribution in [2.45, 2.75) is 32.1 Å². The summed E-state index contributed by atoms with van der Waals surface area (Å²) in [6.07, 6.45) is 5.69. The molecule has 0 aliphatic rings. The van der Waals surface area contributed by atoms with Crippen LogP contribution >= 0.6 is 0 Å². The third-order valence-corrected chi connectivity index (χ3v) is 2.25. The van der Waals surface area contributed by atoms with Crippen molar-refractivity contribution in [2.24, 2.45) is 5.73 Å². The lowest BCUT2D eigenvalue weighted by molar-refractivity contribution is 0.0508. The molecule has 4 heteroatoms. The molecule has 0 spiro atoms. The summed E-state index contributed by atoms with van der Waals surface area (Å²) in [6.45, 7) is 4.57. The fourth-order valence-electron chi connectivity index (χ4n) is 1.31. The summed E-state index contributed by atoms with van der Waals surface area (Å²) in [6, 6.07) is 0. The van der Waals surface area contributed by atoms with Gasteiger partial charge in [0.15, 0.2) is 0 Å². The largest absolute Gasteiger partial charge is 0.382 e. The van der Waals surface area contributed by atoms with Crippen molar-refractivity contribution in [3.05, 3.63) is 0 Å². The van der Waals surface area contributed by atoms with Gasteiger partial charge in [-0.25, -0.2) is 0 Å². The number of rotatable bonds is 13. The van der Waals surface area contributed by atoms with E-state index < -0.39 is 0 Å². The first kappa shape index (κ1) is 15.8. The summed E-state index contributed by atoms with van der Waals surface area (Å²) in [5, 5.41) is 0. The lowest BCUT2D eigenvalue weighted by Gasteiger charge is -2.05. The van der Waals surface area contributed by atoms with E-state index in [1.165, 1.54) is 12.8 Å². The van der Waals surface area contributed by atoms with Gasteiger partial charge < -0.3 is 19.9 Å². The van der Waals surface area contributed by atoms with Crippen LogP contribution in [0.5, 0.6) is 0 Å². The smallest absolute Gasteiger partial charge is 0.0700 e. The molecule has 16 heavy (non-hydrogen) atoms. The molecule has 0 aromatic rings. The molecule has 4 nitrogen and oxygen atoms in total. The van der Waals surface area contributed by atoms with Crippen LogP contribution in [0.1, 0.15) is 32.1 Å². The van der Waals surface area contributed by atoms with Crippen LogP contribution in [-0.4, -0.2) is 46.7 Å². The van der Waals surface area contributed by atoms with Crippen LogP contribution in [0.15, 0.2) is 0 Å². The van der Waals surface area contributed by atoms with Gasteiger partial charge in [0.05, 0.1) is 13.2 Å². The van der Waals surface area contributed by atoms with Gasteiger partial charge in [-0.15, -0.1) is 0 Å². The fraction of sp³-hybridized carbons (Fsp3) is 1.00. The zero-order valence-corrected chi connectivity index (χ0v) is 10.6. The highest BCUT2D eigenvalue weighted by Gasteiger charge is 1.92. The molecule has 0 unspecified atom stereocenters. The Morgan fingerprint density at radius 3 is 2.00 bits per heavy atom. The zero-order valence-electron chi connectivity index (χ0n) is 10.6. The topological polar surface area (TPSA) is 53.7 Å². The van der Waals surface area contributed by atoms with Crippen molar-refractivity contribution in [3.63, 3.8) is 0 Å². The fourth-order valence-corrected chi connectivity index (χ4v) is 1.31. The Morgan fingerprint density at radius 2 is 1.31 bits per heavy atom. The first-order valence-corrected chi connectivity index (χ1v) is 6.26. The van der Waals surface area contributed by atoms with Crippen molar-refractivity contribution < 1.29 is 14.2 Å². The zero-order chi connectivity index (χ0) is 11.9. The van der Waals surface area contributed by atoms with E-state index in [1.54, 1.807) is 7.11 Å². The molecule has 0 radical (unpaired) electrons. The van der Waals surface area contributed by atoms with Gasteiger partial charge in [0.1, 0.15) is 0 Å². The van der Waals surface area contributed by atoms with E-state index in [-0.39, 0.29) is 0 Å². The Kier molecular flexibility index (Phi) is 14.7. The Morgan fingerprint density at radius 1 is 0.688 bits per heavy atom. The predicted octanol–water partition coefficient (Wildman–Crippen LogP) is 1.58. The standard InChI is InChI=1S/C12H27NO3/c1-14-11-12-16-10-6-9-15-8-5-3-2-4-7-13/h2-13H2,1H3. The van der Waals surface area contributed by atoms with E-state index in [0.29, 0.717) is 13.2 Å². The maximum Gasteiger partial charge on any atom is 0.0700 e. The number of unbranched alkanes of at least 4 members (excludes halogenated alkanes) is 3. The highest BCUT2D eigenvalue weighted by atomic mass is 16.5. The van der Waals surface area contributed by atoms with E-state index in [1.807, 2.05) is 0 Å². The molecule has 0 aliphatic carbocycles. The van der Waals surface area contributed by atoms with Crippen LogP contribution in [-0.2, 0) is 14.2 Å². The van der Waals surface area contributed by atoms with E-state index in [4.69, 9.17) is 19.9 Å². The molecule has 0 aromatic heterocycles. The molecule has 0 aliphatic heterocycles. The second-order valence-corrected chi connectivity index (χ2v) is 3.77. The molecule has 98 valence electrons. The average Bonchev–Trinajstić information content (AvgIpc) is 2.31. The molecule has 0 aromatic carbocycles. The summed E-state index contributed by atoms with van der Waals surface area (Å²) in [4.78, 5) is 0. The maximum atomic E-state index is 5.48. The molecule has 0 rings (SSSR count). The number of hydrogen-bond donors (Lipinski definition) is 1. The third-order valence-electron chi connectivity index (χ3n) is 2.25. The third kappa shape index (κ3) is 13.8. The Balaban J connectivity index is 2.83. The molecule has 0 amide bonds. The van der Waals surface area contributed by atoms with Crippen LogP contribution < -0.4 is 5.73 Å². The molecule has 0 atom stereocenters. The van der Waals surface area contributed by atoms with Crippen LogP contribution in [0.2, 0.25) is 0 Å². The van der Waals surface area contributed by atoms with Crippen molar-refractivity contribution in [3.8, 4) is 0 Å². The van der Waals surface area contributed by atoms with E-state index in [9.17, 15) is 0 Å². The summed E-state index contributed by atoms with van der Waals surface area (Å²) in [5.74, 6) is 0. The minimum absolute atomic E-state index is 0.669. The Labute approximate surface area is 99.4 Å². The molecule has 2 N–H and O–H groups in total. The summed E-state index contributed by atoms with van der Waals surface area (Å²) in [5.41, 5.74) is 5.40. The second-order valence-electron chi connectivity index (χ2n) is 3.77. The van der Waals surface area contributed by atoms with Crippen LogP contribution in [0, 0.1) is 0 Å². The van der Waals surface area contributed by atoms with Crippen LogP contribution in [0.4, 0.5) is 0 Å². The van der Waals surface area contributed by atoms with Crippen molar-refractivity contribution in [1.82, 2.24) is 0 Å². The maximum absolute atomic E-state index is 5.48. The molecular formula is C12H27NO3. The molecule has 0 fully saturated rings. The van der Waals surface area contributed by atoms with Gasteiger partial charge in [0.25, 0.3) is 0 Å². The van der Waals surface area contributed by atoms with Gasteiger partial charge in [-0.3, -0.25) is 0 Å². The number of methoxy groups -OCH3 is 1. The average molecular weight is 233 g/mol. The van der Waals surface area contributed by atoms with Gasteiger partial charge in [0, 0.05) is 26.9 Å². The molecular weight excluding hydrogens is 206 g/mol. The lowest BCUT2D eigenvalue weighted by atomic mass is 10.2. The molecule has 0 saturated carbocycles. The normalized spacial score (nSPS) is 10.9. The monoisotopic (exact) mass is 233 g/mol. The Bertz CT molecular complexity index is 109. The van der Waals surface area contributed by atoms with Gasteiger partial charge in [0.2, 0.25) is 0 Å². The highest BCUT2D eigenvalue weighted by Crippen LogP contribution is 1.99. The predicted molar refractivity (Wildman–Crippen MR) is 65.7 cm³/mol. The second kappa shape index (κ2) is 14.8. The summed E-state index contributed by atoms with van der Waals surface area (Å²) < 4.78 is 15.7. The SMILES string of the molecule is COCCOCCCOCCCCCCN. The highest BCUT2D eigenvalue weighted by molar-refractivity contribution is 4.43. The minimum Gasteiger partial charge on any atom is -0.382 e. The van der Waals surface area contributed by atoms with Gasteiger partial charge in [-0.2, -0.15) is 0 Å². The quantitative estimate of drug-likeness (QED) is 0.491. The van der Waals surface area contributed by atoms with Crippen molar-refractivity contribution >= 4 is 0 Å². The number of hydrogen-bond acceptors (Lipinski definition) is 4.